The molecule has 1 aliphatic heterocycles. The zero-order valence-corrected chi connectivity index (χ0v) is 10.4. The van der Waals surface area contributed by atoms with E-state index in [0.717, 1.165) is 44.1 Å². The van der Waals surface area contributed by atoms with Crippen molar-refractivity contribution in [2.75, 3.05) is 19.6 Å². The molecule has 100 valence electrons. The van der Waals surface area contributed by atoms with E-state index in [1.807, 2.05) is 0 Å². The lowest BCUT2D eigenvalue weighted by molar-refractivity contribution is 0.111. The van der Waals surface area contributed by atoms with Crippen LogP contribution in [0.1, 0.15) is 37.4 Å². The number of hydrogen-bond donors (Lipinski definition) is 1. The van der Waals surface area contributed by atoms with Gasteiger partial charge in [0.25, 0.3) is 0 Å². The summed E-state index contributed by atoms with van der Waals surface area (Å²) in [6.45, 7) is 2.22. The average molecular weight is 255 g/mol. The quantitative estimate of drug-likeness (QED) is 0.897. The molecule has 1 N–H and O–H groups in total. The fourth-order valence-electron chi connectivity index (χ4n) is 2.43. The largest absolute Gasteiger partial charge is 0.387 e. The number of benzene rings is 1. The highest BCUT2D eigenvalue weighted by molar-refractivity contribution is 5.21. The van der Waals surface area contributed by atoms with E-state index in [1.54, 1.807) is 0 Å². The molecule has 1 aromatic carbocycles. The van der Waals surface area contributed by atoms with Crippen LogP contribution in [-0.2, 0) is 0 Å². The first-order chi connectivity index (χ1) is 8.66. The summed E-state index contributed by atoms with van der Waals surface area (Å²) in [5.74, 6) is -1.06. The topological polar surface area (TPSA) is 23.5 Å². The highest BCUT2D eigenvalue weighted by Crippen LogP contribution is 2.20. The molecule has 2 rings (SSSR count). The van der Waals surface area contributed by atoms with Crippen molar-refractivity contribution in [2.24, 2.45) is 0 Å². The van der Waals surface area contributed by atoms with Crippen molar-refractivity contribution in [1.82, 2.24) is 4.90 Å². The van der Waals surface area contributed by atoms with Crippen molar-refractivity contribution < 1.29 is 13.9 Å². The second-order valence-electron chi connectivity index (χ2n) is 4.90. The summed E-state index contributed by atoms with van der Waals surface area (Å²) >= 11 is 0. The van der Waals surface area contributed by atoms with Crippen LogP contribution >= 0.6 is 0 Å². The molecule has 1 atom stereocenters. The van der Waals surface area contributed by atoms with Crippen LogP contribution in [0, 0.1) is 11.6 Å². The summed E-state index contributed by atoms with van der Waals surface area (Å²) in [6.07, 6.45) is 3.68. The molecule has 0 spiro atoms. The normalized spacial score (nSPS) is 19.5. The van der Waals surface area contributed by atoms with Gasteiger partial charge in [-0.1, -0.05) is 12.8 Å². The number of aliphatic hydroxyl groups excluding tert-OH is 1. The molecule has 0 bridgehead atoms. The van der Waals surface area contributed by atoms with E-state index in [0.29, 0.717) is 6.54 Å². The van der Waals surface area contributed by atoms with Crippen molar-refractivity contribution in [2.45, 2.75) is 31.8 Å². The van der Waals surface area contributed by atoms with Crippen LogP contribution in [0.5, 0.6) is 0 Å². The van der Waals surface area contributed by atoms with Gasteiger partial charge in [-0.2, -0.15) is 0 Å². The smallest absolute Gasteiger partial charge is 0.129 e. The molecular weight excluding hydrogens is 236 g/mol. The molecule has 0 aliphatic carbocycles. The van der Waals surface area contributed by atoms with E-state index in [9.17, 15) is 13.9 Å². The lowest BCUT2D eigenvalue weighted by atomic mass is 10.1. The van der Waals surface area contributed by atoms with Gasteiger partial charge in [0.15, 0.2) is 0 Å². The molecule has 1 unspecified atom stereocenters. The number of halogens is 2. The minimum absolute atomic E-state index is 0.0549. The van der Waals surface area contributed by atoms with Gasteiger partial charge in [-0.05, 0) is 44.1 Å². The first kappa shape index (κ1) is 13.4. The molecule has 2 nitrogen and oxygen atoms in total. The molecule has 1 saturated heterocycles. The lowest BCUT2D eigenvalue weighted by Crippen LogP contribution is -2.30. The molecule has 0 aromatic heterocycles. The van der Waals surface area contributed by atoms with Crippen LogP contribution in [0.4, 0.5) is 8.78 Å². The zero-order chi connectivity index (χ0) is 13.0. The number of rotatable bonds is 3. The second-order valence-corrected chi connectivity index (χ2v) is 4.90. The number of aliphatic hydroxyl groups is 1. The van der Waals surface area contributed by atoms with E-state index in [-0.39, 0.29) is 5.56 Å². The third-order valence-corrected chi connectivity index (χ3v) is 3.45. The van der Waals surface area contributed by atoms with Crippen LogP contribution in [0.3, 0.4) is 0 Å². The Bertz CT molecular complexity index is 389. The van der Waals surface area contributed by atoms with Gasteiger partial charge in [0, 0.05) is 12.1 Å². The van der Waals surface area contributed by atoms with E-state index in [4.69, 9.17) is 0 Å². The fourth-order valence-corrected chi connectivity index (χ4v) is 2.43. The lowest BCUT2D eigenvalue weighted by Gasteiger charge is -2.23. The maximum Gasteiger partial charge on any atom is 0.129 e. The van der Waals surface area contributed by atoms with Gasteiger partial charge in [0.2, 0.25) is 0 Å². The molecule has 1 aromatic rings. The Hall–Kier alpha value is -1.00. The Labute approximate surface area is 106 Å². The van der Waals surface area contributed by atoms with Crippen LogP contribution in [0.25, 0.3) is 0 Å². The van der Waals surface area contributed by atoms with Gasteiger partial charge >= 0.3 is 0 Å². The van der Waals surface area contributed by atoms with Crippen molar-refractivity contribution in [3.8, 4) is 0 Å². The fraction of sp³-hybridized carbons (Fsp3) is 0.571. The van der Waals surface area contributed by atoms with E-state index in [1.165, 1.54) is 12.8 Å². The standard InChI is InChI=1S/C14H19F2NO/c15-11-5-6-13(16)12(9-11)14(18)10-17-7-3-1-2-4-8-17/h5-6,9,14,18H,1-4,7-8,10H2. The maximum atomic E-state index is 13.5. The predicted molar refractivity (Wildman–Crippen MR) is 66.2 cm³/mol. The van der Waals surface area contributed by atoms with Gasteiger partial charge in [-0.3, -0.25) is 0 Å². The average Bonchev–Trinajstić information content (AvgIpc) is 2.61. The summed E-state index contributed by atoms with van der Waals surface area (Å²) in [5, 5.41) is 10.0. The molecule has 0 amide bonds. The Morgan fingerprint density at radius 1 is 1.11 bits per heavy atom. The molecule has 0 saturated carbocycles. The molecule has 1 fully saturated rings. The van der Waals surface area contributed by atoms with E-state index in [2.05, 4.69) is 4.90 Å². The molecule has 1 aliphatic rings. The van der Waals surface area contributed by atoms with Gasteiger partial charge in [-0.25, -0.2) is 8.78 Å². The monoisotopic (exact) mass is 255 g/mol. The van der Waals surface area contributed by atoms with Crippen molar-refractivity contribution in [3.05, 3.63) is 35.4 Å². The van der Waals surface area contributed by atoms with Crippen LogP contribution in [-0.4, -0.2) is 29.6 Å². The number of β-amino-alcohol motifs (C(OH)–C–C–N with tert-alkyl or cyclic N) is 1. The van der Waals surface area contributed by atoms with Crippen LogP contribution in [0.15, 0.2) is 18.2 Å². The van der Waals surface area contributed by atoms with E-state index < -0.39 is 17.7 Å². The minimum atomic E-state index is -0.959. The number of nitrogens with zero attached hydrogens (tertiary/aromatic N) is 1. The highest BCUT2D eigenvalue weighted by Gasteiger charge is 2.18. The Balaban J connectivity index is 2.01. The van der Waals surface area contributed by atoms with Crippen molar-refractivity contribution in [1.29, 1.82) is 0 Å². The summed E-state index contributed by atoms with van der Waals surface area (Å²) < 4.78 is 26.6. The van der Waals surface area contributed by atoms with Crippen molar-refractivity contribution in [3.63, 3.8) is 0 Å². The third-order valence-electron chi connectivity index (χ3n) is 3.45. The van der Waals surface area contributed by atoms with Crippen molar-refractivity contribution >= 4 is 0 Å². The highest BCUT2D eigenvalue weighted by atomic mass is 19.1. The van der Waals surface area contributed by atoms with Gasteiger partial charge in [0.1, 0.15) is 11.6 Å². The first-order valence-electron chi connectivity index (χ1n) is 6.52. The summed E-state index contributed by atoms with van der Waals surface area (Å²) in [7, 11) is 0. The minimum Gasteiger partial charge on any atom is -0.387 e. The number of likely N-dealkylation sites (tertiary alicyclic amines) is 1. The Morgan fingerprint density at radius 3 is 2.44 bits per heavy atom. The SMILES string of the molecule is OC(CN1CCCCCC1)c1cc(F)ccc1F. The summed E-state index contributed by atoms with van der Waals surface area (Å²) in [4.78, 5) is 2.13. The third kappa shape index (κ3) is 3.50. The second kappa shape index (κ2) is 6.25. The molecule has 0 radical (unpaired) electrons. The summed E-state index contributed by atoms with van der Waals surface area (Å²) in [5.41, 5.74) is 0.0549. The van der Waals surface area contributed by atoms with Gasteiger partial charge in [0.05, 0.1) is 6.10 Å². The van der Waals surface area contributed by atoms with Crippen LogP contribution < -0.4 is 0 Å². The first-order valence-corrected chi connectivity index (χ1v) is 6.52. The molecule has 18 heavy (non-hydrogen) atoms. The molecular formula is C14H19F2NO. The zero-order valence-electron chi connectivity index (χ0n) is 10.4. The Kier molecular flexibility index (Phi) is 4.66. The predicted octanol–water partition coefficient (Wildman–Crippen LogP) is 2.87. The molecule has 1 heterocycles. The maximum absolute atomic E-state index is 13.5. The van der Waals surface area contributed by atoms with E-state index >= 15 is 0 Å². The Morgan fingerprint density at radius 2 is 1.78 bits per heavy atom. The molecule has 4 heteroatoms. The van der Waals surface area contributed by atoms with Gasteiger partial charge < -0.3 is 10.0 Å². The van der Waals surface area contributed by atoms with Gasteiger partial charge in [-0.15, -0.1) is 0 Å². The summed E-state index contributed by atoms with van der Waals surface area (Å²) in [6, 6.07) is 3.21. The van der Waals surface area contributed by atoms with Crippen LogP contribution in [0.2, 0.25) is 0 Å². The number of hydrogen-bond acceptors (Lipinski definition) is 2.